The van der Waals surface area contributed by atoms with Gasteiger partial charge in [-0.2, -0.15) is 0 Å². The van der Waals surface area contributed by atoms with Crippen molar-refractivity contribution in [2.24, 2.45) is 0 Å². The average molecular weight is 550 g/mol. The number of para-hydroxylation sites is 3. The highest BCUT2D eigenvalue weighted by molar-refractivity contribution is 6.29. The Morgan fingerprint density at radius 2 is 1.16 bits per heavy atom. The predicted molar refractivity (Wildman–Crippen MR) is 177 cm³/mol. The van der Waals surface area contributed by atoms with E-state index in [9.17, 15) is 0 Å². The van der Waals surface area contributed by atoms with Gasteiger partial charge in [-0.05, 0) is 54.6 Å². The zero-order valence-corrected chi connectivity index (χ0v) is 23.0. The fourth-order valence-electron chi connectivity index (χ4n) is 7.21. The first kappa shape index (κ1) is 22.7. The van der Waals surface area contributed by atoms with Crippen LogP contribution in [0.5, 0.6) is 0 Å². The molecule has 0 N–H and O–H groups in total. The second kappa shape index (κ2) is 8.30. The normalized spacial score (nSPS) is 12.2. The van der Waals surface area contributed by atoms with E-state index in [0.717, 1.165) is 33.3 Å². The number of hydrogen-bond acceptors (Lipinski definition) is 2. The summed E-state index contributed by atoms with van der Waals surface area (Å²) in [5.74, 6) is 0. The van der Waals surface area contributed by atoms with Crippen molar-refractivity contribution in [3.63, 3.8) is 0 Å². The van der Waals surface area contributed by atoms with E-state index in [4.69, 9.17) is 4.98 Å². The van der Waals surface area contributed by atoms with Gasteiger partial charge in [0.2, 0.25) is 0 Å². The fourth-order valence-corrected chi connectivity index (χ4v) is 7.21. The number of aromatic nitrogens is 5. The highest BCUT2D eigenvalue weighted by Crippen LogP contribution is 2.43. The third kappa shape index (κ3) is 2.95. The SMILES string of the molecule is c1ccc(-n2c3ccccc3c3cc4c5ccc6c(c7cnccc7n7ccnc67)c5n(-c5ccccc5)c4cc32)cc1. The number of fused-ring (bicyclic) bond motifs is 13. The van der Waals surface area contributed by atoms with Crippen LogP contribution in [0, 0.1) is 0 Å². The molecule has 200 valence electrons. The summed E-state index contributed by atoms with van der Waals surface area (Å²) in [5, 5.41) is 8.32. The highest BCUT2D eigenvalue weighted by Gasteiger charge is 2.22. The molecule has 43 heavy (non-hydrogen) atoms. The van der Waals surface area contributed by atoms with E-state index >= 15 is 0 Å². The highest BCUT2D eigenvalue weighted by atomic mass is 15.0. The zero-order chi connectivity index (χ0) is 28.1. The van der Waals surface area contributed by atoms with Crippen LogP contribution in [0.1, 0.15) is 0 Å². The number of pyridine rings is 2. The maximum Gasteiger partial charge on any atom is 0.145 e. The smallest absolute Gasteiger partial charge is 0.145 e. The number of benzene rings is 5. The van der Waals surface area contributed by atoms with Crippen LogP contribution < -0.4 is 0 Å². The lowest BCUT2D eigenvalue weighted by Crippen LogP contribution is -1.97. The summed E-state index contributed by atoms with van der Waals surface area (Å²) in [6, 6.07) is 41.5. The monoisotopic (exact) mass is 549 g/mol. The van der Waals surface area contributed by atoms with E-state index < -0.39 is 0 Å². The van der Waals surface area contributed by atoms with Crippen molar-refractivity contribution >= 4 is 70.9 Å². The Morgan fingerprint density at radius 3 is 2.00 bits per heavy atom. The van der Waals surface area contributed by atoms with Crippen molar-refractivity contribution in [3.8, 4) is 11.4 Å². The standard InChI is InChI=1S/C38H23N5/c1-3-9-24(10-4-1)42-33-14-8-7-13-26(33)29-21-30-27-15-16-28-36(31-23-39-18-17-32(31)41-20-19-40-38(28)41)37(27)43(35(30)22-34(29)42)25-11-5-2-6-12-25/h1-23H. The Kier molecular flexibility index (Phi) is 4.39. The predicted octanol–water partition coefficient (Wildman–Crippen LogP) is 9.23. The van der Waals surface area contributed by atoms with Gasteiger partial charge >= 0.3 is 0 Å². The fraction of sp³-hybridized carbons (Fsp3) is 0. The maximum atomic E-state index is 4.81. The van der Waals surface area contributed by atoms with E-state index in [1.807, 2.05) is 24.8 Å². The molecule has 0 fully saturated rings. The van der Waals surface area contributed by atoms with E-state index in [1.54, 1.807) is 0 Å². The van der Waals surface area contributed by atoms with E-state index in [1.165, 1.54) is 49.0 Å². The van der Waals surface area contributed by atoms with Gasteiger partial charge in [-0.15, -0.1) is 0 Å². The van der Waals surface area contributed by atoms with E-state index in [0.29, 0.717) is 0 Å². The van der Waals surface area contributed by atoms with Crippen LogP contribution in [-0.2, 0) is 0 Å². The van der Waals surface area contributed by atoms with Gasteiger partial charge < -0.3 is 9.13 Å². The minimum absolute atomic E-state index is 0.951. The molecule has 0 atom stereocenters. The van der Waals surface area contributed by atoms with Gasteiger partial charge in [0, 0.05) is 73.9 Å². The van der Waals surface area contributed by atoms with Gasteiger partial charge in [0.1, 0.15) is 5.65 Å². The first-order valence-corrected chi connectivity index (χ1v) is 14.5. The number of imidazole rings is 1. The molecule has 5 nitrogen and oxygen atoms in total. The third-order valence-corrected chi connectivity index (χ3v) is 8.96. The summed E-state index contributed by atoms with van der Waals surface area (Å²) in [7, 11) is 0. The first-order valence-electron chi connectivity index (χ1n) is 14.5. The lowest BCUT2D eigenvalue weighted by molar-refractivity contribution is 1.17. The summed E-state index contributed by atoms with van der Waals surface area (Å²) in [4.78, 5) is 9.39. The van der Waals surface area contributed by atoms with Crippen molar-refractivity contribution in [2.45, 2.75) is 0 Å². The molecule has 0 saturated heterocycles. The first-order chi connectivity index (χ1) is 21.4. The van der Waals surface area contributed by atoms with Gasteiger partial charge in [-0.25, -0.2) is 4.98 Å². The molecule has 0 spiro atoms. The van der Waals surface area contributed by atoms with Crippen LogP contribution in [0.15, 0.2) is 140 Å². The molecule has 5 aromatic carbocycles. The Balaban J connectivity index is 1.49. The quantitative estimate of drug-likeness (QED) is 0.202. The molecule has 0 unspecified atom stereocenters. The molecule has 0 saturated carbocycles. The molecule has 5 aromatic heterocycles. The van der Waals surface area contributed by atoms with Crippen molar-refractivity contribution < 1.29 is 0 Å². The van der Waals surface area contributed by atoms with Crippen molar-refractivity contribution in [3.05, 3.63) is 140 Å². The minimum atomic E-state index is 0.951. The topological polar surface area (TPSA) is 40.1 Å². The largest absolute Gasteiger partial charge is 0.309 e. The molecule has 0 aliphatic carbocycles. The van der Waals surface area contributed by atoms with Crippen LogP contribution in [0.25, 0.3) is 82.3 Å². The Bertz CT molecular complexity index is 2710. The van der Waals surface area contributed by atoms with Gasteiger partial charge in [-0.1, -0.05) is 60.7 Å². The molecule has 5 heterocycles. The van der Waals surface area contributed by atoms with Gasteiger partial charge in [0.05, 0.1) is 27.6 Å². The molecule has 5 heteroatoms. The summed E-state index contributed by atoms with van der Waals surface area (Å²) in [6.45, 7) is 0. The second-order valence-electron chi connectivity index (χ2n) is 11.1. The van der Waals surface area contributed by atoms with Gasteiger partial charge in [0.15, 0.2) is 0 Å². The molecule has 0 bridgehead atoms. The molecule has 0 aliphatic heterocycles. The lowest BCUT2D eigenvalue weighted by atomic mass is 10.0. The Hall–Kier alpha value is -5.94. The molecular formula is C38H23N5. The molecule has 0 aliphatic rings. The number of hydrogen-bond donors (Lipinski definition) is 0. The van der Waals surface area contributed by atoms with Crippen LogP contribution in [0.2, 0.25) is 0 Å². The molecule has 10 rings (SSSR count). The van der Waals surface area contributed by atoms with Crippen LogP contribution in [-0.4, -0.2) is 23.5 Å². The summed E-state index contributed by atoms with van der Waals surface area (Å²) in [5.41, 5.74) is 9.05. The van der Waals surface area contributed by atoms with Crippen LogP contribution in [0.4, 0.5) is 0 Å². The maximum absolute atomic E-state index is 4.81. The number of rotatable bonds is 2. The molecule has 0 amide bonds. The minimum Gasteiger partial charge on any atom is -0.309 e. The van der Waals surface area contributed by atoms with Crippen LogP contribution >= 0.6 is 0 Å². The second-order valence-corrected chi connectivity index (χ2v) is 11.1. The van der Waals surface area contributed by atoms with Gasteiger partial charge in [-0.3, -0.25) is 9.38 Å². The zero-order valence-electron chi connectivity index (χ0n) is 23.0. The van der Waals surface area contributed by atoms with Crippen molar-refractivity contribution in [1.82, 2.24) is 23.5 Å². The summed E-state index contributed by atoms with van der Waals surface area (Å²) in [6.07, 6.45) is 7.78. The number of nitrogens with zero attached hydrogens (tertiary/aromatic N) is 5. The molecule has 10 aromatic rings. The van der Waals surface area contributed by atoms with Crippen LogP contribution in [0.3, 0.4) is 0 Å². The Labute approximate surface area is 245 Å². The van der Waals surface area contributed by atoms with Crippen molar-refractivity contribution in [1.29, 1.82) is 0 Å². The lowest BCUT2D eigenvalue weighted by Gasteiger charge is -2.13. The van der Waals surface area contributed by atoms with E-state index in [2.05, 4.69) is 134 Å². The molecule has 0 radical (unpaired) electrons. The third-order valence-electron chi connectivity index (χ3n) is 8.96. The van der Waals surface area contributed by atoms with Crippen molar-refractivity contribution in [2.75, 3.05) is 0 Å². The summed E-state index contributed by atoms with van der Waals surface area (Å²) >= 11 is 0. The summed E-state index contributed by atoms with van der Waals surface area (Å²) < 4.78 is 7.00. The Morgan fingerprint density at radius 1 is 0.465 bits per heavy atom. The van der Waals surface area contributed by atoms with E-state index in [-0.39, 0.29) is 0 Å². The average Bonchev–Trinajstić information content (AvgIpc) is 3.77. The molecular weight excluding hydrogens is 526 g/mol. The van der Waals surface area contributed by atoms with Gasteiger partial charge in [0.25, 0.3) is 0 Å².